The van der Waals surface area contributed by atoms with E-state index < -0.39 is 10.0 Å². The number of carbonyl (C=O) groups excluding carboxylic acids is 1. The average molecular weight is 323 g/mol. The van der Waals surface area contributed by atoms with Gasteiger partial charge in [0.05, 0.1) is 11.4 Å². The number of rotatable bonds is 5. The van der Waals surface area contributed by atoms with E-state index in [2.05, 4.69) is 10.6 Å². The summed E-state index contributed by atoms with van der Waals surface area (Å²) in [6.07, 6.45) is 0. The molecule has 0 saturated carbocycles. The molecule has 2 aromatic carbocycles. The molecule has 2 rings (SSSR count). The van der Waals surface area contributed by atoms with Gasteiger partial charge in [-0.1, -0.05) is 0 Å². The zero-order chi connectivity index (χ0) is 16.2. The van der Waals surface area contributed by atoms with Crippen LogP contribution in [0.5, 0.6) is 0 Å². The minimum atomic E-state index is -3.75. The van der Waals surface area contributed by atoms with Crippen LogP contribution in [0.1, 0.15) is 0 Å². The maximum absolute atomic E-state index is 12.7. The predicted octanol–water partition coefficient (Wildman–Crippen LogP) is 1.52. The van der Waals surface area contributed by atoms with Crippen molar-refractivity contribution in [2.24, 2.45) is 5.14 Å². The molecule has 0 spiro atoms. The van der Waals surface area contributed by atoms with E-state index in [0.717, 1.165) is 0 Å². The first kappa shape index (κ1) is 15.9. The molecule has 22 heavy (non-hydrogen) atoms. The van der Waals surface area contributed by atoms with Crippen molar-refractivity contribution >= 4 is 27.3 Å². The molecule has 1 amide bonds. The van der Waals surface area contributed by atoms with Gasteiger partial charge in [0.2, 0.25) is 15.9 Å². The molecule has 8 heteroatoms. The summed E-state index contributed by atoms with van der Waals surface area (Å²) < 4.78 is 34.9. The van der Waals surface area contributed by atoms with Crippen LogP contribution in [-0.2, 0) is 14.8 Å². The first-order chi connectivity index (χ1) is 10.3. The third kappa shape index (κ3) is 4.54. The Labute approximate surface area is 127 Å². The molecule has 0 aliphatic heterocycles. The lowest BCUT2D eigenvalue weighted by atomic mass is 10.3. The van der Waals surface area contributed by atoms with Gasteiger partial charge in [0, 0.05) is 11.4 Å². The molecule has 2 aromatic rings. The first-order valence-electron chi connectivity index (χ1n) is 6.27. The minimum Gasteiger partial charge on any atom is -0.376 e. The summed E-state index contributed by atoms with van der Waals surface area (Å²) in [5.41, 5.74) is 1.06. The fraction of sp³-hybridized carbons (Fsp3) is 0.0714. The molecule has 0 saturated heterocycles. The molecule has 6 nitrogen and oxygen atoms in total. The number of nitrogens with one attached hydrogen (secondary N) is 2. The van der Waals surface area contributed by atoms with Gasteiger partial charge >= 0.3 is 0 Å². The summed E-state index contributed by atoms with van der Waals surface area (Å²) in [5.74, 6) is -0.683. The molecule has 116 valence electrons. The first-order valence-corrected chi connectivity index (χ1v) is 7.81. The third-order valence-electron chi connectivity index (χ3n) is 2.76. The largest absolute Gasteiger partial charge is 0.376 e. The fourth-order valence-electron chi connectivity index (χ4n) is 1.68. The van der Waals surface area contributed by atoms with Crippen LogP contribution < -0.4 is 15.8 Å². The average Bonchev–Trinajstić information content (AvgIpc) is 2.46. The number of hydrogen-bond donors (Lipinski definition) is 3. The van der Waals surface area contributed by atoms with Crippen LogP contribution in [-0.4, -0.2) is 20.9 Å². The Morgan fingerprint density at radius 1 is 1.00 bits per heavy atom. The van der Waals surface area contributed by atoms with Crippen LogP contribution >= 0.6 is 0 Å². The molecule has 0 atom stereocenters. The molecule has 0 heterocycles. The number of sulfonamides is 1. The Morgan fingerprint density at radius 2 is 1.55 bits per heavy atom. The Morgan fingerprint density at radius 3 is 2.09 bits per heavy atom. The van der Waals surface area contributed by atoms with Crippen molar-refractivity contribution in [1.82, 2.24) is 0 Å². The highest BCUT2D eigenvalue weighted by atomic mass is 32.2. The Bertz CT molecular complexity index is 759. The van der Waals surface area contributed by atoms with E-state index in [1.165, 1.54) is 48.5 Å². The summed E-state index contributed by atoms with van der Waals surface area (Å²) in [4.78, 5) is 11.7. The van der Waals surface area contributed by atoms with Crippen molar-refractivity contribution in [2.45, 2.75) is 4.90 Å². The van der Waals surface area contributed by atoms with Gasteiger partial charge in [-0.2, -0.15) is 0 Å². The number of hydrogen-bond acceptors (Lipinski definition) is 4. The lowest BCUT2D eigenvalue weighted by Gasteiger charge is -2.08. The Balaban J connectivity index is 1.90. The molecule has 0 radical (unpaired) electrons. The number of primary sulfonamides is 1. The van der Waals surface area contributed by atoms with Gasteiger partial charge in [0.15, 0.2) is 0 Å². The second-order valence-electron chi connectivity index (χ2n) is 4.48. The maximum Gasteiger partial charge on any atom is 0.243 e. The van der Waals surface area contributed by atoms with E-state index in [4.69, 9.17) is 5.14 Å². The lowest BCUT2D eigenvalue weighted by Crippen LogP contribution is -2.21. The van der Waals surface area contributed by atoms with Crippen LogP contribution in [0, 0.1) is 5.82 Å². The predicted molar refractivity (Wildman–Crippen MR) is 81.3 cm³/mol. The second-order valence-corrected chi connectivity index (χ2v) is 6.04. The minimum absolute atomic E-state index is 0.0113. The van der Waals surface area contributed by atoms with Crippen molar-refractivity contribution in [3.05, 3.63) is 54.3 Å². The molecule has 0 aliphatic carbocycles. The van der Waals surface area contributed by atoms with E-state index in [0.29, 0.717) is 11.4 Å². The zero-order valence-electron chi connectivity index (χ0n) is 11.4. The summed E-state index contributed by atoms with van der Waals surface area (Å²) in [6.45, 7) is -0.0113. The highest BCUT2D eigenvalue weighted by Gasteiger charge is 2.08. The molecular weight excluding hydrogens is 309 g/mol. The molecule has 0 aliphatic rings. The van der Waals surface area contributed by atoms with E-state index in [1.807, 2.05) is 0 Å². The van der Waals surface area contributed by atoms with Gasteiger partial charge in [-0.05, 0) is 48.5 Å². The topological polar surface area (TPSA) is 101 Å². The van der Waals surface area contributed by atoms with Crippen molar-refractivity contribution < 1.29 is 17.6 Å². The second kappa shape index (κ2) is 6.54. The number of benzene rings is 2. The van der Waals surface area contributed by atoms with Crippen molar-refractivity contribution in [3.8, 4) is 0 Å². The SMILES string of the molecule is NS(=O)(=O)c1ccc(NC(=O)CNc2ccc(F)cc2)cc1. The van der Waals surface area contributed by atoms with Gasteiger partial charge in [0.25, 0.3) is 0 Å². The van der Waals surface area contributed by atoms with Crippen LogP contribution in [0.2, 0.25) is 0 Å². The van der Waals surface area contributed by atoms with Crippen molar-refractivity contribution in [2.75, 3.05) is 17.2 Å². The summed E-state index contributed by atoms with van der Waals surface area (Å²) in [6, 6.07) is 11.1. The quantitative estimate of drug-likeness (QED) is 0.776. The summed E-state index contributed by atoms with van der Waals surface area (Å²) in [7, 11) is -3.75. The molecular formula is C14H14FN3O3S. The molecule has 0 bridgehead atoms. The van der Waals surface area contributed by atoms with Crippen LogP contribution in [0.15, 0.2) is 53.4 Å². The van der Waals surface area contributed by atoms with Gasteiger partial charge in [-0.3, -0.25) is 4.79 Å². The smallest absolute Gasteiger partial charge is 0.243 e. The number of anilines is 2. The Hall–Kier alpha value is -2.45. The van der Waals surface area contributed by atoms with Gasteiger partial charge in [-0.15, -0.1) is 0 Å². The fourth-order valence-corrected chi connectivity index (χ4v) is 2.20. The normalized spacial score (nSPS) is 11.0. The number of halogens is 1. The highest BCUT2D eigenvalue weighted by molar-refractivity contribution is 7.89. The number of nitrogens with two attached hydrogens (primary N) is 1. The van der Waals surface area contributed by atoms with Crippen LogP contribution in [0.25, 0.3) is 0 Å². The van der Waals surface area contributed by atoms with E-state index >= 15 is 0 Å². The van der Waals surface area contributed by atoms with E-state index in [1.54, 1.807) is 0 Å². The van der Waals surface area contributed by atoms with Gasteiger partial charge in [0.1, 0.15) is 5.82 Å². The van der Waals surface area contributed by atoms with Crippen LogP contribution in [0.3, 0.4) is 0 Å². The molecule has 0 unspecified atom stereocenters. The summed E-state index contributed by atoms with van der Waals surface area (Å²) >= 11 is 0. The van der Waals surface area contributed by atoms with Crippen molar-refractivity contribution in [3.63, 3.8) is 0 Å². The standard InChI is InChI=1S/C14H14FN3O3S/c15-10-1-3-11(4-2-10)17-9-14(19)18-12-5-7-13(8-6-12)22(16,20)21/h1-8,17H,9H2,(H,18,19)(H2,16,20,21). The molecule has 0 fully saturated rings. The Kier molecular flexibility index (Phi) is 4.74. The number of amides is 1. The summed E-state index contributed by atoms with van der Waals surface area (Å²) in [5, 5.41) is 10.4. The lowest BCUT2D eigenvalue weighted by molar-refractivity contribution is -0.114. The third-order valence-corrected chi connectivity index (χ3v) is 3.69. The van der Waals surface area contributed by atoms with Crippen LogP contribution in [0.4, 0.5) is 15.8 Å². The zero-order valence-corrected chi connectivity index (χ0v) is 12.2. The van der Waals surface area contributed by atoms with Crippen molar-refractivity contribution in [1.29, 1.82) is 0 Å². The van der Waals surface area contributed by atoms with E-state index in [-0.39, 0.29) is 23.2 Å². The van der Waals surface area contributed by atoms with Gasteiger partial charge < -0.3 is 10.6 Å². The molecule has 4 N–H and O–H groups in total. The maximum atomic E-state index is 12.7. The van der Waals surface area contributed by atoms with E-state index in [9.17, 15) is 17.6 Å². The number of carbonyl (C=O) groups is 1. The highest BCUT2D eigenvalue weighted by Crippen LogP contribution is 2.13. The molecule has 0 aromatic heterocycles. The monoisotopic (exact) mass is 323 g/mol. The van der Waals surface area contributed by atoms with Gasteiger partial charge in [-0.25, -0.2) is 17.9 Å².